The standard InChI is InChI=1S/C28H31N5O/c1-19-6-9-22(10-7-19)17-30-28(34)23-5-4-13-32(18-23)27-26-16-25(31-33(26)14-12-29-27)24-11-8-20(2)15-21(24)3/h6-12,14-16,23H,4-5,13,17-18H2,1-3H3,(H,30,34)/t23-/m1/s1. The second-order valence-electron chi connectivity index (χ2n) is 9.42. The Balaban J connectivity index is 1.34. The van der Waals surface area contributed by atoms with Gasteiger partial charge >= 0.3 is 0 Å². The molecular weight excluding hydrogens is 422 g/mol. The predicted molar refractivity (Wildman–Crippen MR) is 136 cm³/mol. The molecular formula is C28H31N5O. The summed E-state index contributed by atoms with van der Waals surface area (Å²) in [6.45, 7) is 8.40. The average Bonchev–Trinajstić information content (AvgIpc) is 3.27. The van der Waals surface area contributed by atoms with Crippen LogP contribution in [0.5, 0.6) is 0 Å². The molecule has 0 aliphatic carbocycles. The molecule has 0 spiro atoms. The highest BCUT2D eigenvalue weighted by Gasteiger charge is 2.27. The van der Waals surface area contributed by atoms with E-state index in [0.29, 0.717) is 13.1 Å². The molecule has 0 radical (unpaired) electrons. The fourth-order valence-corrected chi connectivity index (χ4v) is 4.81. The molecule has 1 fully saturated rings. The van der Waals surface area contributed by atoms with Crippen LogP contribution in [0, 0.1) is 26.7 Å². The third kappa shape index (κ3) is 4.53. The first-order chi connectivity index (χ1) is 16.5. The number of nitrogens with one attached hydrogen (secondary N) is 1. The number of rotatable bonds is 5. The van der Waals surface area contributed by atoms with Crippen LogP contribution in [0.4, 0.5) is 5.82 Å². The lowest BCUT2D eigenvalue weighted by molar-refractivity contribution is -0.125. The minimum Gasteiger partial charge on any atom is -0.354 e. The highest BCUT2D eigenvalue weighted by Crippen LogP contribution is 2.30. The van der Waals surface area contributed by atoms with Crippen LogP contribution >= 0.6 is 0 Å². The van der Waals surface area contributed by atoms with Gasteiger partial charge in [-0.2, -0.15) is 5.10 Å². The molecule has 1 N–H and O–H groups in total. The van der Waals surface area contributed by atoms with Crippen molar-refractivity contribution in [3.05, 3.63) is 83.2 Å². The smallest absolute Gasteiger partial charge is 0.225 e. The fourth-order valence-electron chi connectivity index (χ4n) is 4.81. The van der Waals surface area contributed by atoms with Crippen LogP contribution in [0.1, 0.15) is 35.1 Å². The third-order valence-electron chi connectivity index (χ3n) is 6.71. The first-order valence-electron chi connectivity index (χ1n) is 12.0. The van der Waals surface area contributed by atoms with Crippen molar-refractivity contribution in [2.45, 2.75) is 40.2 Å². The SMILES string of the molecule is Cc1ccc(CNC(=O)[C@@H]2CCCN(c3nccn4nc(-c5ccc(C)cc5C)cc34)C2)cc1. The van der Waals surface area contributed by atoms with Gasteiger partial charge in [-0.15, -0.1) is 0 Å². The summed E-state index contributed by atoms with van der Waals surface area (Å²) >= 11 is 0. The Morgan fingerprint density at radius 3 is 2.65 bits per heavy atom. The van der Waals surface area contributed by atoms with Gasteiger partial charge in [0.1, 0.15) is 5.52 Å². The van der Waals surface area contributed by atoms with Gasteiger partial charge in [0.2, 0.25) is 5.91 Å². The molecule has 0 unspecified atom stereocenters. The topological polar surface area (TPSA) is 62.5 Å². The van der Waals surface area contributed by atoms with Gasteiger partial charge in [0, 0.05) is 37.6 Å². The van der Waals surface area contributed by atoms with Crippen LogP contribution in [0.15, 0.2) is 60.9 Å². The number of carbonyl (C=O) groups excluding carboxylic acids is 1. The molecule has 6 heteroatoms. The monoisotopic (exact) mass is 453 g/mol. The maximum atomic E-state index is 13.0. The predicted octanol–water partition coefficient (Wildman–Crippen LogP) is 4.85. The van der Waals surface area contributed by atoms with Crippen LogP contribution in [-0.4, -0.2) is 33.6 Å². The van der Waals surface area contributed by atoms with Crippen molar-refractivity contribution in [3.63, 3.8) is 0 Å². The molecule has 1 atom stereocenters. The van der Waals surface area contributed by atoms with Crippen LogP contribution in [0.3, 0.4) is 0 Å². The number of fused-ring (bicyclic) bond motifs is 1. The Kier molecular flexibility index (Phi) is 6.05. The lowest BCUT2D eigenvalue weighted by atomic mass is 9.97. The van der Waals surface area contributed by atoms with Gasteiger partial charge in [0.05, 0.1) is 11.6 Å². The summed E-state index contributed by atoms with van der Waals surface area (Å²) in [4.78, 5) is 19.9. The van der Waals surface area contributed by atoms with E-state index in [4.69, 9.17) is 10.1 Å². The minimum absolute atomic E-state index is 0.0528. The second kappa shape index (κ2) is 9.29. The summed E-state index contributed by atoms with van der Waals surface area (Å²) in [5.41, 5.74) is 7.84. The molecule has 0 saturated carbocycles. The Morgan fingerprint density at radius 2 is 1.85 bits per heavy atom. The summed E-state index contributed by atoms with van der Waals surface area (Å²) in [6.07, 6.45) is 5.54. The molecule has 174 valence electrons. The number of aryl methyl sites for hydroxylation is 3. The van der Waals surface area contributed by atoms with Crippen LogP contribution in [0.25, 0.3) is 16.8 Å². The fraction of sp³-hybridized carbons (Fsp3) is 0.321. The van der Waals surface area contributed by atoms with E-state index >= 15 is 0 Å². The number of hydrogen-bond acceptors (Lipinski definition) is 4. The van der Waals surface area contributed by atoms with E-state index in [-0.39, 0.29) is 11.8 Å². The Bertz CT molecular complexity index is 1320. The number of hydrogen-bond donors (Lipinski definition) is 1. The molecule has 1 amide bonds. The van der Waals surface area contributed by atoms with E-state index < -0.39 is 0 Å². The minimum atomic E-state index is -0.0528. The number of nitrogens with zero attached hydrogens (tertiary/aromatic N) is 4. The van der Waals surface area contributed by atoms with Gasteiger partial charge in [0.15, 0.2) is 5.82 Å². The lowest BCUT2D eigenvalue weighted by Crippen LogP contribution is -2.43. The van der Waals surface area contributed by atoms with Gasteiger partial charge < -0.3 is 10.2 Å². The number of piperidine rings is 1. The largest absolute Gasteiger partial charge is 0.354 e. The molecule has 4 aromatic rings. The van der Waals surface area contributed by atoms with Crippen molar-refractivity contribution in [2.24, 2.45) is 5.92 Å². The molecule has 0 bridgehead atoms. The molecule has 1 saturated heterocycles. The lowest BCUT2D eigenvalue weighted by Gasteiger charge is -2.33. The number of amides is 1. The quantitative estimate of drug-likeness (QED) is 0.469. The third-order valence-corrected chi connectivity index (χ3v) is 6.71. The highest BCUT2D eigenvalue weighted by atomic mass is 16.1. The van der Waals surface area contributed by atoms with E-state index in [0.717, 1.165) is 47.5 Å². The first kappa shape index (κ1) is 22.1. The van der Waals surface area contributed by atoms with E-state index in [2.05, 4.69) is 79.5 Å². The van der Waals surface area contributed by atoms with Gasteiger partial charge in [-0.05, 0) is 50.8 Å². The number of anilines is 1. The molecule has 1 aliphatic heterocycles. The zero-order valence-corrected chi connectivity index (χ0v) is 20.1. The van der Waals surface area contributed by atoms with Gasteiger partial charge in [-0.1, -0.05) is 53.6 Å². The van der Waals surface area contributed by atoms with Gasteiger partial charge in [-0.3, -0.25) is 4.79 Å². The molecule has 1 aliphatic rings. The molecule has 2 aromatic heterocycles. The zero-order valence-electron chi connectivity index (χ0n) is 20.1. The molecule has 2 aromatic carbocycles. The van der Waals surface area contributed by atoms with E-state index in [1.807, 2.05) is 10.7 Å². The van der Waals surface area contributed by atoms with Crippen molar-refractivity contribution in [3.8, 4) is 11.3 Å². The van der Waals surface area contributed by atoms with Gasteiger partial charge in [-0.25, -0.2) is 9.50 Å². The summed E-state index contributed by atoms with van der Waals surface area (Å²) < 4.78 is 1.90. The number of aromatic nitrogens is 3. The van der Waals surface area contributed by atoms with Crippen molar-refractivity contribution in [2.75, 3.05) is 18.0 Å². The number of benzene rings is 2. The van der Waals surface area contributed by atoms with Crippen LogP contribution in [-0.2, 0) is 11.3 Å². The van der Waals surface area contributed by atoms with Gasteiger partial charge in [0.25, 0.3) is 0 Å². The van der Waals surface area contributed by atoms with E-state index in [1.165, 1.54) is 16.7 Å². The molecule has 3 heterocycles. The molecule has 34 heavy (non-hydrogen) atoms. The Hall–Kier alpha value is -3.67. The normalized spacial score (nSPS) is 16.1. The molecule has 6 nitrogen and oxygen atoms in total. The number of carbonyl (C=O) groups is 1. The van der Waals surface area contributed by atoms with Crippen molar-refractivity contribution >= 4 is 17.2 Å². The van der Waals surface area contributed by atoms with Crippen molar-refractivity contribution in [1.29, 1.82) is 0 Å². The van der Waals surface area contributed by atoms with Crippen LogP contribution in [0.2, 0.25) is 0 Å². The zero-order chi connectivity index (χ0) is 23.7. The highest BCUT2D eigenvalue weighted by molar-refractivity contribution is 5.81. The summed E-state index contributed by atoms with van der Waals surface area (Å²) in [7, 11) is 0. The van der Waals surface area contributed by atoms with Crippen molar-refractivity contribution in [1.82, 2.24) is 19.9 Å². The Labute approximate surface area is 200 Å². The summed E-state index contributed by atoms with van der Waals surface area (Å²) in [6, 6.07) is 16.8. The summed E-state index contributed by atoms with van der Waals surface area (Å²) in [5, 5.41) is 7.95. The maximum absolute atomic E-state index is 13.0. The maximum Gasteiger partial charge on any atom is 0.225 e. The molecule has 5 rings (SSSR count). The first-order valence-corrected chi connectivity index (χ1v) is 12.0. The van der Waals surface area contributed by atoms with E-state index in [9.17, 15) is 4.79 Å². The van der Waals surface area contributed by atoms with Crippen molar-refractivity contribution < 1.29 is 4.79 Å². The van der Waals surface area contributed by atoms with Crippen LogP contribution < -0.4 is 10.2 Å². The Morgan fingerprint density at radius 1 is 1.06 bits per heavy atom. The van der Waals surface area contributed by atoms with E-state index in [1.54, 1.807) is 6.20 Å². The average molecular weight is 454 g/mol. The summed E-state index contributed by atoms with van der Waals surface area (Å²) in [5.74, 6) is 0.951. The second-order valence-corrected chi connectivity index (χ2v) is 9.42.